The molecule has 296 valence electrons. The molecular formula is C40H82O9. The Morgan fingerprint density at radius 1 is 0.531 bits per heavy atom. The van der Waals surface area contributed by atoms with Crippen LogP contribution in [0, 0.1) is 5.41 Å². The summed E-state index contributed by atoms with van der Waals surface area (Å²) < 4.78 is 46.7. The molecule has 0 N–H and O–H groups in total. The molecule has 0 aliphatic heterocycles. The fraction of sp³-hybridized carbons (Fsp3) is 1.00. The van der Waals surface area contributed by atoms with Crippen LogP contribution in [-0.4, -0.2) is 74.5 Å². The van der Waals surface area contributed by atoms with Crippen LogP contribution in [0.3, 0.4) is 0 Å². The van der Waals surface area contributed by atoms with E-state index in [-0.39, 0.29) is 18.8 Å². The van der Waals surface area contributed by atoms with Gasteiger partial charge in [0.15, 0.2) is 0 Å². The molecule has 0 aliphatic rings. The minimum absolute atomic E-state index is 0.0947. The average Bonchev–Trinajstić information content (AvgIpc) is 3.01. The molecule has 0 heterocycles. The third kappa shape index (κ3) is 17.8. The highest BCUT2D eigenvalue weighted by molar-refractivity contribution is 4.93. The Bertz CT molecular complexity index is 797. The number of hydrogen-bond donors (Lipinski definition) is 0. The molecule has 0 aromatic carbocycles. The van der Waals surface area contributed by atoms with Gasteiger partial charge in [-0.05, 0) is 101 Å². The van der Waals surface area contributed by atoms with E-state index >= 15 is 0 Å². The van der Waals surface area contributed by atoms with Crippen molar-refractivity contribution in [2.45, 2.75) is 222 Å². The van der Waals surface area contributed by atoms with E-state index in [0.717, 1.165) is 77.0 Å². The van der Waals surface area contributed by atoms with Crippen LogP contribution in [0.5, 0.6) is 0 Å². The first-order chi connectivity index (χ1) is 22.9. The predicted octanol–water partition coefficient (Wildman–Crippen LogP) is 10.9. The van der Waals surface area contributed by atoms with Gasteiger partial charge in [-0.15, -0.1) is 0 Å². The number of rotatable bonds is 32. The summed E-state index contributed by atoms with van der Waals surface area (Å²) in [6.07, 6.45) is 10.9. The van der Waals surface area contributed by atoms with Gasteiger partial charge in [0.05, 0.1) is 36.6 Å². The van der Waals surface area contributed by atoms with Gasteiger partial charge < -0.3 is 33.2 Å². The Morgan fingerprint density at radius 2 is 1.02 bits per heavy atom. The van der Waals surface area contributed by atoms with E-state index in [2.05, 4.69) is 48.5 Å². The van der Waals surface area contributed by atoms with Crippen LogP contribution in [0.1, 0.15) is 181 Å². The third-order valence-electron chi connectivity index (χ3n) is 8.58. The van der Waals surface area contributed by atoms with E-state index < -0.39 is 34.7 Å². The van der Waals surface area contributed by atoms with Crippen molar-refractivity contribution in [2.24, 2.45) is 5.41 Å². The number of unbranched alkanes of at least 4 members (excludes halogenated alkanes) is 7. The van der Waals surface area contributed by atoms with Crippen LogP contribution in [-0.2, 0) is 42.9 Å². The van der Waals surface area contributed by atoms with Crippen molar-refractivity contribution < 1.29 is 42.9 Å². The maximum absolute atomic E-state index is 6.87. The zero-order valence-corrected chi connectivity index (χ0v) is 34.9. The smallest absolute Gasteiger partial charge is 0.325 e. The Morgan fingerprint density at radius 3 is 1.51 bits per heavy atom. The SMILES string of the molecule is CCCCCOC(COOC(OCCCCC)(OC(C)(C)C)C(C)(C)C(OCCCC)(OC(C)C)OC(C)CC)C(C)(C)OCCCCC. The maximum atomic E-state index is 6.87. The van der Waals surface area contributed by atoms with Gasteiger partial charge in [0.25, 0.3) is 5.97 Å². The molecule has 0 saturated carbocycles. The van der Waals surface area contributed by atoms with Gasteiger partial charge in [-0.1, -0.05) is 79.6 Å². The lowest BCUT2D eigenvalue weighted by Gasteiger charge is -2.54. The Kier molecular flexibility index (Phi) is 24.6. The van der Waals surface area contributed by atoms with Crippen LogP contribution < -0.4 is 0 Å². The molecular weight excluding hydrogens is 624 g/mol. The first-order valence-corrected chi connectivity index (χ1v) is 19.8. The van der Waals surface area contributed by atoms with Crippen LogP contribution >= 0.6 is 0 Å². The standard InChI is InChI=1S/C40H82O9/c1-16-21-25-28-41-35(37(12,13)42-30-26-22-17-2)32-45-49-40(48-36(9,10)11,44-31-27-23-18-3)38(14,15)39(46-33(6)7,43-29-24-19-4)47-34(8)20-5/h33-35H,16-32H2,1-15H3. The van der Waals surface area contributed by atoms with Crippen molar-refractivity contribution in [3.63, 3.8) is 0 Å². The van der Waals surface area contributed by atoms with E-state index in [4.69, 9.17) is 42.9 Å². The Labute approximate surface area is 303 Å². The third-order valence-corrected chi connectivity index (χ3v) is 8.58. The van der Waals surface area contributed by atoms with Crippen molar-refractivity contribution >= 4 is 0 Å². The second-order valence-electron chi connectivity index (χ2n) is 15.8. The summed E-state index contributed by atoms with van der Waals surface area (Å²) in [5.41, 5.74) is -2.57. The van der Waals surface area contributed by atoms with Gasteiger partial charge >= 0.3 is 5.97 Å². The molecule has 9 heteroatoms. The Hall–Kier alpha value is -0.360. The second-order valence-corrected chi connectivity index (χ2v) is 15.8. The van der Waals surface area contributed by atoms with Gasteiger partial charge in [-0.2, -0.15) is 4.89 Å². The molecule has 0 aliphatic carbocycles. The topological polar surface area (TPSA) is 83.1 Å². The van der Waals surface area contributed by atoms with Crippen LogP contribution in [0.4, 0.5) is 0 Å². The normalized spacial score (nSPS) is 16.9. The minimum atomic E-state index is -1.81. The van der Waals surface area contributed by atoms with E-state index in [1.54, 1.807) is 0 Å². The molecule has 0 fully saturated rings. The van der Waals surface area contributed by atoms with Gasteiger partial charge in [-0.3, -0.25) is 0 Å². The lowest BCUT2D eigenvalue weighted by Crippen LogP contribution is -2.68. The molecule has 0 amide bonds. The average molecular weight is 707 g/mol. The van der Waals surface area contributed by atoms with Gasteiger partial charge in [0.2, 0.25) is 0 Å². The largest absolute Gasteiger partial charge is 0.373 e. The quantitative estimate of drug-likeness (QED) is 0.0294. The van der Waals surface area contributed by atoms with Gasteiger partial charge in [-0.25, -0.2) is 4.89 Å². The molecule has 0 rings (SSSR count). The fourth-order valence-electron chi connectivity index (χ4n) is 5.19. The van der Waals surface area contributed by atoms with Crippen molar-refractivity contribution in [3.8, 4) is 0 Å². The van der Waals surface area contributed by atoms with Crippen molar-refractivity contribution in [1.82, 2.24) is 0 Å². The van der Waals surface area contributed by atoms with Gasteiger partial charge in [0.1, 0.15) is 18.1 Å². The van der Waals surface area contributed by atoms with E-state index in [1.807, 2.05) is 55.4 Å². The van der Waals surface area contributed by atoms with Crippen molar-refractivity contribution in [2.75, 3.05) is 33.0 Å². The molecule has 9 nitrogen and oxygen atoms in total. The summed E-state index contributed by atoms with van der Waals surface area (Å²) in [6, 6.07) is 0. The molecule has 4 atom stereocenters. The monoisotopic (exact) mass is 707 g/mol. The molecule has 0 spiro atoms. The predicted molar refractivity (Wildman–Crippen MR) is 199 cm³/mol. The highest BCUT2D eigenvalue weighted by atomic mass is 17.3. The summed E-state index contributed by atoms with van der Waals surface area (Å²) in [5.74, 6) is -3.42. The summed E-state index contributed by atoms with van der Waals surface area (Å²) in [4.78, 5) is 12.8. The number of hydrogen-bond acceptors (Lipinski definition) is 9. The summed E-state index contributed by atoms with van der Waals surface area (Å²) in [5, 5.41) is 0. The van der Waals surface area contributed by atoms with E-state index in [0.29, 0.717) is 26.4 Å². The lowest BCUT2D eigenvalue weighted by atomic mass is 9.85. The molecule has 0 saturated heterocycles. The number of ether oxygens (including phenoxy) is 7. The Balaban J connectivity index is 7.02. The maximum Gasteiger partial charge on any atom is 0.325 e. The molecule has 49 heavy (non-hydrogen) atoms. The highest BCUT2D eigenvalue weighted by Crippen LogP contribution is 2.51. The molecule has 4 unspecified atom stereocenters. The van der Waals surface area contributed by atoms with Gasteiger partial charge in [0, 0.05) is 13.2 Å². The van der Waals surface area contributed by atoms with Crippen molar-refractivity contribution in [1.29, 1.82) is 0 Å². The first kappa shape index (κ1) is 48.6. The summed E-state index contributed by atoms with van der Waals surface area (Å²) in [7, 11) is 0. The molecule has 0 radical (unpaired) electrons. The molecule has 0 bridgehead atoms. The summed E-state index contributed by atoms with van der Waals surface area (Å²) in [6.45, 7) is 32.8. The van der Waals surface area contributed by atoms with Crippen LogP contribution in [0.25, 0.3) is 0 Å². The lowest BCUT2D eigenvalue weighted by molar-refractivity contribution is -0.592. The zero-order chi connectivity index (χ0) is 37.6. The fourth-order valence-corrected chi connectivity index (χ4v) is 5.19. The zero-order valence-electron chi connectivity index (χ0n) is 34.9. The van der Waals surface area contributed by atoms with E-state index in [9.17, 15) is 0 Å². The molecule has 0 aromatic rings. The van der Waals surface area contributed by atoms with E-state index in [1.165, 1.54) is 0 Å². The van der Waals surface area contributed by atoms with Crippen LogP contribution in [0.15, 0.2) is 0 Å². The second kappa shape index (κ2) is 24.8. The molecule has 0 aromatic heterocycles. The first-order valence-electron chi connectivity index (χ1n) is 19.8. The highest BCUT2D eigenvalue weighted by Gasteiger charge is 2.67. The summed E-state index contributed by atoms with van der Waals surface area (Å²) >= 11 is 0. The van der Waals surface area contributed by atoms with Crippen molar-refractivity contribution in [3.05, 3.63) is 0 Å². The minimum Gasteiger partial charge on any atom is -0.373 e. The van der Waals surface area contributed by atoms with Crippen LogP contribution in [0.2, 0.25) is 0 Å².